The normalized spacial score (nSPS) is 10.3. The summed E-state index contributed by atoms with van der Waals surface area (Å²) in [5, 5.41) is 3.99. The van der Waals surface area contributed by atoms with E-state index in [1.165, 1.54) is 0 Å². The fourth-order valence-corrected chi connectivity index (χ4v) is 2.27. The molecule has 21 heavy (non-hydrogen) atoms. The van der Waals surface area contributed by atoms with Gasteiger partial charge in [0.15, 0.2) is 0 Å². The zero-order chi connectivity index (χ0) is 15.2. The average molecular weight is 371 g/mol. The first kappa shape index (κ1) is 16.0. The molecule has 0 aromatic heterocycles. The van der Waals surface area contributed by atoms with E-state index in [0.29, 0.717) is 18.2 Å². The zero-order valence-electron chi connectivity index (χ0n) is 12.0. The van der Waals surface area contributed by atoms with Crippen LogP contribution in [0.1, 0.15) is 5.56 Å². The van der Waals surface area contributed by atoms with Crippen LogP contribution in [0.5, 0.6) is 11.5 Å². The van der Waals surface area contributed by atoms with E-state index in [2.05, 4.69) is 21.2 Å². The van der Waals surface area contributed by atoms with Gasteiger partial charge in [0.05, 0.1) is 12.8 Å². The van der Waals surface area contributed by atoms with Gasteiger partial charge in [-0.3, -0.25) is 0 Å². The zero-order valence-corrected chi connectivity index (χ0v) is 14.3. The molecule has 2 aromatic carbocycles. The molecule has 0 saturated carbocycles. The number of ether oxygens (including phenoxy) is 2. The van der Waals surface area contributed by atoms with Gasteiger partial charge in [-0.1, -0.05) is 27.5 Å². The Balaban J connectivity index is 1.88. The number of methoxy groups -OCH3 is 1. The molecule has 0 radical (unpaired) electrons. The molecule has 2 rings (SSSR count). The Labute approximate surface area is 138 Å². The molecule has 112 valence electrons. The van der Waals surface area contributed by atoms with E-state index in [0.717, 1.165) is 27.2 Å². The highest BCUT2D eigenvalue weighted by Gasteiger charge is 2.06. The van der Waals surface area contributed by atoms with E-state index in [1.807, 2.05) is 43.3 Å². The number of hydrogen-bond donors (Lipinski definition) is 1. The SMILES string of the molecule is COc1cc(Cl)c(C)cc1NCCOc1ccc(Br)cc1. The van der Waals surface area contributed by atoms with Crippen molar-refractivity contribution in [1.29, 1.82) is 0 Å². The summed E-state index contributed by atoms with van der Waals surface area (Å²) < 4.78 is 12.0. The maximum atomic E-state index is 6.08. The van der Waals surface area contributed by atoms with Gasteiger partial charge in [0.2, 0.25) is 0 Å². The molecule has 0 saturated heterocycles. The smallest absolute Gasteiger partial charge is 0.143 e. The lowest BCUT2D eigenvalue weighted by atomic mass is 10.2. The Kier molecular flexibility index (Phi) is 5.76. The molecule has 0 spiro atoms. The van der Waals surface area contributed by atoms with Crippen LogP contribution < -0.4 is 14.8 Å². The van der Waals surface area contributed by atoms with Crippen LogP contribution in [0.25, 0.3) is 0 Å². The maximum absolute atomic E-state index is 6.08. The highest BCUT2D eigenvalue weighted by Crippen LogP contribution is 2.30. The molecule has 0 aliphatic heterocycles. The molecule has 3 nitrogen and oxygen atoms in total. The van der Waals surface area contributed by atoms with Gasteiger partial charge < -0.3 is 14.8 Å². The van der Waals surface area contributed by atoms with Gasteiger partial charge in [0.1, 0.15) is 18.1 Å². The largest absolute Gasteiger partial charge is 0.495 e. The molecule has 0 amide bonds. The van der Waals surface area contributed by atoms with Crippen LogP contribution in [0.4, 0.5) is 5.69 Å². The molecule has 0 bridgehead atoms. The van der Waals surface area contributed by atoms with E-state index in [-0.39, 0.29) is 0 Å². The highest BCUT2D eigenvalue weighted by atomic mass is 79.9. The van der Waals surface area contributed by atoms with Crippen molar-refractivity contribution in [2.24, 2.45) is 0 Å². The van der Waals surface area contributed by atoms with Crippen LogP contribution in [-0.4, -0.2) is 20.3 Å². The molecular formula is C16H17BrClNO2. The fourth-order valence-electron chi connectivity index (χ4n) is 1.86. The Morgan fingerprint density at radius 2 is 1.90 bits per heavy atom. The van der Waals surface area contributed by atoms with Gasteiger partial charge >= 0.3 is 0 Å². The maximum Gasteiger partial charge on any atom is 0.143 e. The summed E-state index contributed by atoms with van der Waals surface area (Å²) in [5.74, 6) is 1.58. The van der Waals surface area contributed by atoms with Crippen LogP contribution in [0.3, 0.4) is 0 Å². The first-order valence-electron chi connectivity index (χ1n) is 6.56. The summed E-state index contributed by atoms with van der Waals surface area (Å²) >= 11 is 9.48. The van der Waals surface area contributed by atoms with E-state index in [4.69, 9.17) is 21.1 Å². The Hall–Kier alpha value is -1.39. The van der Waals surface area contributed by atoms with Crippen LogP contribution in [0.15, 0.2) is 40.9 Å². The van der Waals surface area contributed by atoms with Crippen LogP contribution in [0.2, 0.25) is 5.02 Å². The van der Waals surface area contributed by atoms with Crippen molar-refractivity contribution in [3.63, 3.8) is 0 Å². The molecule has 0 fully saturated rings. The highest BCUT2D eigenvalue weighted by molar-refractivity contribution is 9.10. The quantitative estimate of drug-likeness (QED) is 0.733. The Bertz CT molecular complexity index is 602. The summed E-state index contributed by atoms with van der Waals surface area (Å²) in [4.78, 5) is 0. The number of anilines is 1. The Morgan fingerprint density at radius 3 is 2.57 bits per heavy atom. The molecule has 0 aliphatic carbocycles. The van der Waals surface area contributed by atoms with Gasteiger partial charge in [-0.15, -0.1) is 0 Å². The molecule has 2 aromatic rings. The lowest BCUT2D eigenvalue weighted by Crippen LogP contribution is -2.12. The molecule has 0 aliphatic rings. The fraction of sp³-hybridized carbons (Fsp3) is 0.250. The van der Waals surface area contributed by atoms with Crippen molar-refractivity contribution in [3.05, 3.63) is 51.5 Å². The lowest BCUT2D eigenvalue weighted by Gasteiger charge is -2.13. The van der Waals surface area contributed by atoms with Crippen molar-refractivity contribution in [1.82, 2.24) is 0 Å². The number of benzene rings is 2. The standard InChI is InChI=1S/C16H17BrClNO2/c1-11-9-15(16(20-2)10-14(11)18)19-7-8-21-13-5-3-12(17)4-6-13/h3-6,9-10,19H,7-8H2,1-2H3. The van der Waals surface area contributed by atoms with Crippen molar-refractivity contribution < 1.29 is 9.47 Å². The summed E-state index contributed by atoms with van der Waals surface area (Å²) in [6.45, 7) is 3.20. The second-order valence-corrected chi connectivity index (χ2v) is 5.85. The van der Waals surface area contributed by atoms with Crippen LogP contribution in [-0.2, 0) is 0 Å². The monoisotopic (exact) mass is 369 g/mol. The Morgan fingerprint density at radius 1 is 1.19 bits per heavy atom. The third-order valence-electron chi connectivity index (χ3n) is 2.98. The van der Waals surface area contributed by atoms with Crippen LogP contribution in [0, 0.1) is 6.92 Å². The summed E-state index contributed by atoms with van der Waals surface area (Å²) in [6.07, 6.45) is 0. The van der Waals surface area contributed by atoms with E-state index >= 15 is 0 Å². The van der Waals surface area contributed by atoms with Crippen LogP contribution >= 0.6 is 27.5 Å². The second-order valence-electron chi connectivity index (χ2n) is 4.53. The number of aryl methyl sites for hydroxylation is 1. The molecule has 0 heterocycles. The second kappa shape index (κ2) is 7.57. The third-order valence-corrected chi connectivity index (χ3v) is 3.92. The number of halogens is 2. The van der Waals surface area contributed by atoms with Crippen molar-refractivity contribution >= 4 is 33.2 Å². The summed E-state index contributed by atoms with van der Waals surface area (Å²) in [6, 6.07) is 11.5. The van der Waals surface area contributed by atoms with E-state index < -0.39 is 0 Å². The number of nitrogens with one attached hydrogen (secondary N) is 1. The van der Waals surface area contributed by atoms with E-state index in [9.17, 15) is 0 Å². The average Bonchev–Trinajstić information content (AvgIpc) is 2.48. The molecule has 0 unspecified atom stereocenters. The topological polar surface area (TPSA) is 30.5 Å². The molecule has 5 heteroatoms. The molecular weight excluding hydrogens is 354 g/mol. The van der Waals surface area contributed by atoms with Gasteiger partial charge in [-0.25, -0.2) is 0 Å². The minimum Gasteiger partial charge on any atom is -0.495 e. The predicted molar refractivity (Wildman–Crippen MR) is 90.9 cm³/mol. The number of rotatable bonds is 6. The first-order valence-corrected chi connectivity index (χ1v) is 7.73. The molecule has 1 N–H and O–H groups in total. The van der Waals surface area contributed by atoms with Gasteiger partial charge in [-0.05, 0) is 42.8 Å². The van der Waals surface area contributed by atoms with Gasteiger partial charge in [0.25, 0.3) is 0 Å². The predicted octanol–water partition coefficient (Wildman–Crippen LogP) is 4.91. The van der Waals surface area contributed by atoms with Gasteiger partial charge in [-0.2, -0.15) is 0 Å². The summed E-state index contributed by atoms with van der Waals surface area (Å²) in [5.41, 5.74) is 1.92. The van der Waals surface area contributed by atoms with E-state index in [1.54, 1.807) is 7.11 Å². The van der Waals surface area contributed by atoms with Crippen molar-refractivity contribution in [3.8, 4) is 11.5 Å². The minimum absolute atomic E-state index is 0.562. The molecule has 0 atom stereocenters. The first-order chi connectivity index (χ1) is 10.1. The summed E-state index contributed by atoms with van der Waals surface area (Å²) in [7, 11) is 1.63. The van der Waals surface area contributed by atoms with Crippen molar-refractivity contribution in [2.45, 2.75) is 6.92 Å². The van der Waals surface area contributed by atoms with Crippen molar-refractivity contribution in [2.75, 3.05) is 25.6 Å². The lowest BCUT2D eigenvalue weighted by molar-refractivity contribution is 0.332. The number of hydrogen-bond acceptors (Lipinski definition) is 3. The minimum atomic E-state index is 0.562. The third kappa shape index (κ3) is 4.55. The van der Waals surface area contributed by atoms with Gasteiger partial charge in [0, 0.05) is 22.1 Å².